The summed E-state index contributed by atoms with van der Waals surface area (Å²) in [7, 11) is 0. The third kappa shape index (κ3) is 1.56. The van der Waals surface area contributed by atoms with Crippen molar-refractivity contribution < 1.29 is 9.59 Å². The van der Waals surface area contributed by atoms with E-state index in [4.69, 9.17) is 5.73 Å². The number of benzene rings is 1. The molecule has 1 aromatic carbocycles. The van der Waals surface area contributed by atoms with E-state index in [1.165, 1.54) is 6.08 Å². The number of hydrogen-bond acceptors (Lipinski definition) is 3. The SMILES string of the molecule is C=CC1=C(C#CC)C(=O)c2c(N)cccc2C1=O. The van der Waals surface area contributed by atoms with Gasteiger partial charge in [-0.15, -0.1) is 5.92 Å². The number of hydrogen-bond donors (Lipinski definition) is 1. The lowest BCUT2D eigenvalue weighted by molar-refractivity contribution is 0.0982. The molecule has 0 heterocycles. The fourth-order valence-electron chi connectivity index (χ4n) is 1.96. The largest absolute Gasteiger partial charge is 0.398 e. The molecule has 3 heteroatoms. The van der Waals surface area contributed by atoms with Crippen LogP contribution in [0.1, 0.15) is 27.6 Å². The normalized spacial score (nSPS) is 13.8. The van der Waals surface area contributed by atoms with Crippen LogP contribution in [0, 0.1) is 11.8 Å². The quantitative estimate of drug-likeness (QED) is 0.601. The first-order valence-electron chi connectivity index (χ1n) is 5.39. The Bertz CT molecular complexity index is 669. The van der Waals surface area contributed by atoms with Crippen molar-refractivity contribution in [3.05, 3.63) is 53.1 Å². The van der Waals surface area contributed by atoms with Crippen LogP contribution in [-0.2, 0) is 0 Å². The van der Waals surface area contributed by atoms with Crippen molar-refractivity contribution in [1.29, 1.82) is 0 Å². The summed E-state index contributed by atoms with van der Waals surface area (Å²) in [4.78, 5) is 24.5. The van der Waals surface area contributed by atoms with Gasteiger partial charge in [-0.05, 0) is 13.0 Å². The van der Waals surface area contributed by atoms with E-state index in [0.29, 0.717) is 11.3 Å². The minimum Gasteiger partial charge on any atom is -0.398 e. The molecule has 0 aliphatic heterocycles. The van der Waals surface area contributed by atoms with Crippen LogP contribution in [0.4, 0.5) is 5.69 Å². The smallest absolute Gasteiger partial charge is 0.204 e. The molecule has 3 nitrogen and oxygen atoms in total. The van der Waals surface area contributed by atoms with Crippen LogP contribution in [0.25, 0.3) is 0 Å². The Kier molecular flexibility index (Phi) is 2.86. The maximum Gasteiger partial charge on any atom is 0.204 e. The van der Waals surface area contributed by atoms with E-state index in [0.717, 1.165) is 0 Å². The molecule has 0 unspecified atom stereocenters. The highest BCUT2D eigenvalue weighted by Gasteiger charge is 2.31. The summed E-state index contributed by atoms with van der Waals surface area (Å²) in [5, 5.41) is 0. The van der Waals surface area contributed by atoms with E-state index in [2.05, 4.69) is 18.4 Å². The van der Waals surface area contributed by atoms with Gasteiger partial charge in [-0.25, -0.2) is 0 Å². The molecule has 2 N–H and O–H groups in total. The molecule has 0 aromatic heterocycles. The number of Topliss-reactive ketones (excluding diaryl/α,β-unsaturated/α-hetero) is 2. The van der Waals surface area contributed by atoms with Gasteiger partial charge in [0.1, 0.15) is 0 Å². The van der Waals surface area contributed by atoms with Crippen LogP contribution in [-0.4, -0.2) is 11.6 Å². The monoisotopic (exact) mass is 237 g/mol. The molecule has 0 saturated heterocycles. The molecule has 0 atom stereocenters. The third-order valence-electron chi connectivity index (χ3n) is 2.76. The number of anilines is 1. The number of allylic oxidation sites excluding steroid dienone is 3. The van der Waals surface area contributed by atoms with E-state index in [1.807, 2.05) is 0 Å². The number of carbonyl (C=O) groups is 2. The molecule has 0 radical (unpaired) electrons. The lowest BCUT2D eigenvalue weighted by Crippen LogP contribution is -2.22. The highest BCUT2D eigenvalue weighted by atomic mass is 16.1. The fourth-order valence-corrected chi connectivity index (χ4v) is 1.96. The van der Waals surface area contributed by atoms with E-state index >= 15 is 0 Å². The molecule has 0 spiro atoms. The third-order valence-corrected chi connectivity index (χ3v) is 2.76. The van der Waals surface area contributed by atoms with Crippen LogP contribution in [0.2, 0.25) is 0 Å². The van der Waals surface area contributed by atoms with Crippen molar-refractivity contribution in [2.24, 2.45) is 0 Å². The maximum absolute atomic E-state index is 12.3. The summed E-state index contributed by atoms with van der Waals surface area (Å²) in [6.45, 7) is 5.17. The molecule has 88 valence electrons. The van der Waals surface area contributed by atoms with Crippen molar-refractivity contribution in [3.63, 3.8) is 0 Å². The van der Waals surface area contributed by atoms with Crippen LogP contribution in [0.15, 0.2) is 42.0 Å². The molecule has 0 bridgehead atoms. The fraction of sp³-hybridized carbons (Fsp3) is 0.0667. The molecule has 0 amide bonds. The summed E-state index contributed by atoms with van der Waals surface area (Å²) in [5.74, 6) is 4.73. The highest BCUT2D eigenvalue weighted by Crippen LogP contribution is 2.30. The first kappa shape index (κ1) is 11.9. The highest BCUT2D eigenvalue weighted by molar-refractivity contribution is 6.31. The average Bonchev–Trinajstić information content (AvgIpc) is 2.36. The lowest BCUT2D eigenvalue weighted by Gasteiger charge is -2.17. The van der Waals surface area contributed by atoms with Gasteiger partial charge in [-0.2, -0.15) is 0 Å². The Labute approximate surface area is 105 Å². The number of rotatable bonds is 1. The van der Waals surface area contributed by atoms with E-state index in [9.17, 15) is 9.59 Å². The van der Waals surface area contributed by atoms with Crippen molar-refractivity contribution in [1.82, 2.24) is 0 Å². The Balaban J connectivity index is 2.81. The molecule has 0 fully saturated rings. The van der Waals surface area contributed by atoms with Gasteiger partial charge < -0.3 is 5.73 Å². The molecular formula is C15H11NO2. The zero-order valence-corrected chi connectivity index (χ0v) is 9.91. The molecule has 1 aromatic rings. The number of carbonyl (C=O) groups excluding carboxylic acids is 2. The molecule has 1 aliphatic carbocycles. The van der Waals surface area contributed by atoms with Gasteiger partial charge in [0.05, 0.1) is 11.1 Å². The lowest BCUT2D eigenvalue weighted by atomic mass is 9.83. The zero-order chi connectivity index (χ0) is 13.3. The van der Waals surface area contributed by atoms with Crippen molar-refractivity contribution in [3.8, 4) is 11.8 Å². The minimum absolute atomic E-state index is 0.169. The van der Waals surface area contributed by atoms with Gasteiger partial charge >= 0.3 is 0 Å². The topological polar surface area (TPSA) is 60.2 Å². The van der Waals surface area contributed by atoms with Gasteiger partial charge in [0.25, 0.3) is 0 Å². The van der Waals surface area contributed by atoms with E-state index in [1.54, 1.807) is 25.1 Å². The first-order valence-corrected chi connectivity index (χ1v) is 5.39. The van der Waals surface area contributed by atoms with Crippen LogP contribution in [0.3, 0.4) is 0 Å². The Morgan fingerprint density at radius 3 is 2.61 bits per heavy atom. The van der Waals surface area contributed by atoms with Crippen LogP contribution < -0.4 is 5.73 Å². The van der Waals surface area contributed by atoms with Gasteiger partial charge in [-0.3, -0.25) is 9.59 Å². The van der Waals surface area contributed by atoms with Gasteiger partial charge in [0.2, 0.25) is 5.78 Å². The second kappa shape index (κ2) is 4.34. The van der Waals surface area contributed by atoms with Gasteiger partial charge in [0, 0.05) is 16.8 Å². The Morgan fingerprint density at radius 2 is 2.00 bits per heavy atom. The Morgan fingerprint density at radius 1 is 1.28 bits per heavy atom. The number of nitrogens with two attached hydrogens (primary N) is 1. The van der Waals surface area contributed by atoms with Crippen LogP contribution >= 0.6 is 0 Å². The molecule has 1 aliphatic rings. The average molecular weight is 237 g/mol. The van der Waals surface area contributed by atoms with Crippen LogP contribution in [0.5, 0.6) is 0 Å². The molecule has 2 rings (SSSR count). The number of ketones is 2. The van der Waals surface area contributed by atoms with Gasteiger partial charge in [-0.1, -0.05) is 30.7 Å². The van der Waals surface area contributed by atoms with Crippen molar-refractivity contribution in [2.75, 3.05) is 5.73 Å². The first-order chi connectivity index (χ1) is 8.61. The summed E-state index contributed by atoms with van der Waals surface area (Å²) in [6.07, 6.45) is 1.37. The standard InChI is InChI=1S/C15H11NO2/c1-3-6-10-9(4-2)14(17)11-7-5-8-12(16)13(11)15(10)18/h4-5,7-8H,2,16H2,1H3. The van der Waals surface area contributed by atoms with E-state index in [-0.39, 0.29) is 28.3 Å². The van der Waals surface area contributed by atoms with E-state index < -0.39 is 0 Å². The molecule has 18 heavy (non-hydrogen) atoms. The van der Waals surface area contributed by atoms with Gasteiger partial charge in [0.15, 0.2) is 5.78 Å². The second-order valence-corrected chi connectivity index (χ2v) is 3.80. The summed E-state index contributed by atoms with van der Waals surface area (Å²) in [6, 6.07) is 4.84. The Hall–Kier alpha value is -2.60. The number of fused-ring (bicyclic) bond motifs is 1. The minimum atomic E-state index is -0.313. The summed E-state index contributed by atoms with van der Waals surface area (Å²) >= 11 is 0. The van der Waals surface area contributed by atoms with Crippen molar-refractivity contribution in [2.45, 2.75) is 6.92 Å². The maximum atomic E-state index is 12.3. The summed E-state index contributed by atoms with van der Waals surface area (Å²) in [5.41, 5.74) is 7.04. The molecular weight excluding hydrogens is 226 g/mol. The molecule has 0 saturated carbocycles. The van der Waals surface area contributed by atoms with Crippen molar-refractivity contribution >= 4 is 17.3 Å². The number of nitrogen functional groups attached to an aromatic ring is 1. The second-order valence-electron chi connectivity index (χ2n) is 3.80. The predicted octanol–water partition coefficient (Wildman–Crippen LogP) is 2.15. The predicted molar refractivity (Wildman–Crippen MR) is 70.2 cm³/mol. The zero-order valence-electron chi connectivity index (χ0n) is 9.91. The summed E-state index contributed by atoms with van der Waals surface area (Å²) < 4.78 is 0.